The Morgan fingerprint density at radius 1 is 1.36 bits per heavy atom. The Morgan fingerprint density at radius 2 is 2.20 bits per heavy atom. The van der Waals surface area contributed by atoms with E-state index in [1.807, 2.05) is 41.4 Å². The number of hydrogen-bond acceptors (Lipinski definition) is 3. The van der Waals surface area contributed by atoms with Crippen molar-refractivity contribution in [2.45, 2.75) is 58.3 Å². The SMILES string of the molecule is CC(C)NC(=O)N[C@H]1CCc2c(ccc(=O)n2CCn2cccn2)C1. The van der Waals surface area contributed by atoms with Crippen molar-refractivity contribution >= 4 is 6.03 Å². The number of nitrogens with one attached hydrogen (secondary N) is 2. The van der Waals surface area contributed by atoms with Crippen LogP contribution in [0, 0.1) is 0 Å². The zero-order valence-corrected chi connectivity index (χ0v) is 14.7. The molecule has 1 aliphatic rings. The van der Waals surface area contributed by atoms with E-state index >= 15 is 0 Å². The molecule has 2 amide bonds. The molecular formula is C18H25N5O2. The largest absolute Gasteiger partial charge is 0.336 e. The summed E-state index contributed by atoms with van der Waals surface area (Å²) in [6.07, 6.45) is 6.01. The Hall–Kier alpha value is -2.57. The molecule has 3 rings (SSSR count). The van der Waals surface area contributed by atoms with E-state index in [0.717, 1.165) is 30.5 Å². The minimum Gasteiger partial charge on any atom is -0.336 e. The maximum atomic E-state index is 12.3. The van der Waals surface area contributed by atoms with Crippen molar-refractivity contribution in [2.75, 3.05) is 0 Å². The zero-order valence-electron chi connectivity index (χ0n) is 14.7. The van der Waals surface area contributed by atoms with Crippen molar-refractivity contribution in [1.82, 2.24) is 25.0 Å². The molecule has 2 aromatic rings. The number of aryl methyl sites for hydroxylation is 1. The third-order valence-corrected chi connectivity index (χ3v) is 4.45. The lowest BCUT2D eigenvalue weighted by molar-refractivity contribution is 0.233. The van der Waals surface area contributed by atoms with E-state index in [1.165, 1.54) is 0 Å². The second kappa shape index (κ2) is 7.55. The fourth-order valence-electron chi connectivity index (χ4n) is 3.32. The van der Waals surface area contributed by atoms with Gasteiger partial charge in [-0.15, -0.1) is 0 Å². The molecule has 1 atom stereocenters. The Morgan fingerprint density at radius 3 is 2.92 bits per heavy atom. The smallest absolute Gasteiger partial charge is 0.315 e. The summed E-state index contributed by atoms with van der Waals surface area (Å²) in [7, 11) is 0. The third kappa shape index (κ3) is 4.29. The van der Waals surface area contributed by atoms with Crippen LogP contribution in [0.1, 0.15) is 31.5 Å². The van der Waals surface area contributed by atoms with E-state index in [9.17, 15) is 9.59 Å². The van der Waals surface area contributed by atoms with Crippen LogP contribution in [-0.2, 0) is 25.9 Å². The van der Waals surface area contributed by atoms with E-state index < -0.39 is 0 Å². The number of urea groups is 1. The molecule has 2 heterocycles. The molecule has 25 heavy (non-hydrogen) atoms. The minimum atomic E-state index is -0.129. The van der Waals surface area contributed by atoms with Gasteiger partial charge in [-0.1, -0.05) is 6.07 Å². The molecule has 7 nitrogen and oxygen atoms in total. The first-order valence-electron chi connectivity index (χ1n) is 8.79. The van der Waals surface area contributed by atoms with Crippen molar-refractivity contribution in [1.29, 1.82) is 0 Å². The third-order valence-electron chi connectivity index (χ3n) is 4.45. The zero-order chi connectivity index (χ0) is 17.8. The van der Waals surface area contributed by atoms with E-state index in [2.05, 4.69) is 15.7 Å². The molecule has 0 radical (unpaired) electrons. The first-order chi connectivity index (χ1) is 12.0. The van der Waals surface area contributed by atoms with Crippen LogP contribution in [0.5, 0.6) is 0 Å². The highest BCUT2D eigenvalue weighted by Gasteiger charge is 2.23. The van der Waals surface area contributed by atoms with Crippen LogP contribution in [0.3, 0.4) is 0 Å². The lowest BCUT2D eigenvalue weighted by atomic mass is 9.91. The summed E-state index contributed by atoms with van der Waals surface area (Å²) in [6.45, 7) is 5.15. The molecule has 7 heteroatoms. The second-order valence-corrected chi connectivity index (χ2v) is 6.78. The maximum absolute atomic E-state index is 12.3. The predicted molar refractivity (Wildman–Crippen MR) is 95.5 cm³/mol. The highest BCUT2D eigenvalue weighted by Crippen LogP contribution is 2.20. The minimum absolute atomic E-state index is 0.0230. The van der Waals surface area contributed by atoms with E-state index in [-0.39, 0.29) is 23.7 Å². The number of amides is 2. The highest BCUT2D eigenvalue weighted by molar-refractivity contribution is 5.74. The molecule has 2 N–H and O–H groups in total. The number of carbonyl (C=O) groups excluding carboxylic acids is 1. The molecule has 2 aromatic heterocycles. The van der Waals surface area contributed by atoms with Gasteiger partial charge in [0.1, 0.15) is 0 Å². The summed E-state index contributed by atoms with van der Waals surface area (Å²) in [5.41, 5.74) is 2.25. The second-order valence-electron chi connectivity index (χ2n) is 6.78. The maximum Gasteiger partial charge on any atom is 0.315 e. The van der Waals surface area contributed by atoms with Crippen LogP contribution in [0.15, 0.2) is 35.4 Å². The molecule has 0 unspecified atom stereocenters. The molecule has 0 aromatic carbocycles. The van der Waals surface area contributed by atoms with Gasteiger partial charge in [0, 0.05) is 42.8 Å². The van der Waals surface area contributed by atoms with Crippen LogP contribution in [0.25, 0.3) is 0 Å². The lowest BCUT2D eigenvalue weighted by Gasteiger charge is -2.28. The van der Waals surface area contributed by atoms with Gasteiger partial charge in [-0.25, -0.2) is 4.79 Å². The van der Waals surface area contributed by atoms with Crippen molar-refractivity contribution in [3.63, 3.8) is 0 Å². The van der Waals surface area contributed by atoms with Gasteiger partial charge in [0.15, 0.2) is 0 Å². The van der Waals surface area contributed by atoms with Crippen LogP contribution in [0.2, 0.25) is 0 Å². The molecule has 1 aliphatic carbocycles. The molecule has 0 fully saturated rings. The Kier molecular flexibility index (Phi) is 5.21. The molecule has 134 valence electrons. The van der Waals surface area contributed by atoms with Gasteiger partial charge >= 0.3 is 6.03 Å². The number of nitrogens with zero attached hydrogens (tertiary/aromatic N) is 3. The molecule has 0 aliphatic heterocycles. The monoisotopic (exact) mass is 343 g/mol. The first kappa shape index (κ1) is 17.3. The lowest BCUT2D eigenvalue weighted by Crippen LogP contribution is -2.47. The Balaban J connectivity index is 1.70. The number of fused-ring (bicyclic) bond motifs is 1. The Bertz CT molecular complexity index is 779. The van der Waals surface area contributed by atoms with Gasteiger partial charge in [0.2, 0.25) is 0 Å². The standard InChI is InChI=1S/C18H25N5O2/c1-13(2)20-18(25)21-15-5-6-16-14(12-15)4-7-17(24)23(16)11-10-22-9-3-8-19-22/h3-4,7-9,13,15H,5-6,10-12H2,1-2H3,(H2,20,21,25)/t15-/m0/s1. The van der Waals surface area contributed by atoms with Gasteiger partial charge in [-0.3, -0.25) is 9.48 Å². The number of aromatic nitrogens is 3. The predicted octanol–water partition coefficient (Wildman–Crippen LogP) is 1.31. The number of hydrogen-bond donors (Lipinski definition) is 2. The van der Waals surface area contributed by atoms with Crippen molar-refractivity contribution in [3.8, 4) is 0 Å². The number of rotatable bonds is 5. The molecule has 0 spiro atoms. The van der Waals surface area contributed by atoms with Crippen molar-refractivity contribution in [2.24, 2.45) is 0 Å². The average molecular weight is 343 g/mol. The van der Waals surface area contributed by atoms with Gasteiger partial charge in [-0.2, -0.15) is 5.10 Å². The molecule has 0 saturated carbocycles. The number of pyridine rings is 1. The fraction of sp³-hybridized carbons (Fsp3) is 0.500. The summed E-state index contributed by atoms with van der Waals surface area (Å²) >= 11 is 0. The van der Waals surface area contributed by atoms with E-state index in [4.69, 9.17) is 0 Å². The molecule has 0 saturated heterocycles. The van der Waals surface area contributed by atoms with Gasteiger partial charge in [0.25, 0.3) is 5.56 Å². The van der Waals surface area contributed by atoms with Gasteiger partial charge < -0.3 is 15.2 Å². The van der Waals surface area contributed by atoms with Crippen LogP contribution in [0.4, 0.5) is 4.79 Å². The molecular weight excluding hydrogens is 318 g/mol. The van der Waals surface area contributed by atoms with Crippen molar-refractivity contribution in [3.05, 3.63) is 52.2 Å². The number of carbonyl (C=O) groups is 1. The van der Waals surface area contributed by atoms with Crippen molar-refractivity contribution < 1.29 is 4.79 Å². The van der Waals surface area contributed by atoms with Gasteiger partial charge in [-0.05, 0) is 44.7 Å². The summed E-state index contributed by atoms with van der Waals surface area (Å²) in [6, 6.07) is 5.48. The van der Waals surface area contributed by atoms with Crippen LogP contribution in [-0.4, -0.2) is 32.5 Å². The van der Waals surface area contributed by atoms with Gasteiger partial charge in [0.05, 0.1) is 6.54 Å². The summed E-state index contributed by atoms with van der Waals surface area (Å²) in [5.74, 6) is 0. The topological polar surface area (TPSA) is 81.0 Å². The fourth-order valence-corrected chi connectivity index (χ4v) is 3.32. The normalized spacial score (nSPS) is 16.5. The Labute approximate surface area is 147 Å². The van der Waals surface area contributed by atoms with E-state index in [1.54, 1.807) is 12.3 Å². The summed E-state index contributed by atoms with van der Waals surface area (Å²) < 4.78 is 3.68. The average Bonchev–Trinajstić information content (AvgIpc) is 3.06. The van der Waals surface area contributed by atoms with E-state index in [0.29, 0.717) is 13.1 Å². The quantitative estimate of drug-likeness (QED) is 0.859. The summed E-state index contributed by atoms with van der Waals surface area (Å²) in [4.78, 5) is 24.2. The van der Waals surface area contributed by atoms with Crippen LogP contribution < -0.4 is 16.2 Å². The van der Waals surface area contributed by atoms with Crippen LogP contribution >= 0.6 is 0 Å². The highest BCUT2D eigenvalue weighted by atomic mass is 16.2. The first-order valence-corrected chi connectivity index (χ1v) is 8.79. The summed E-state index contributed by atoms with van der Waals surface area (Å²) in [5, 5.41) is 10.1. The molecule has 0 bridgehead atoms.